The van der Waals surface area contributed by atoms with Crippen molar-refractivity contribution in [3.8, 4) is 5.88 Å². The number of amides is 1. The summed E-state index contributed by atoms with van der Waals surface area (Å²) in [4.78, 5) is 14.6. The Hall–Kier alpha value is -4.73. The van der Waals surface area contributed by atoms with Gasteiger partial charge in [-0.2, -0.15) is 9.46 Å². The second kappa shape index (κ2) is 11.4. The van der Waals surface area contributed by atoms with Gasteiger partial charge in [0, 0.05) is 11.1 Å². The lowest BCUT2D eigenvalue weighted by Crippen LogP contribution is -2.32. The average molecular weight is 670 g/mol. The van der Waals surface area contributed by atoms with Crippen LogP contribution >= 0.6 is 0 Å². The molecule has 3 N–H and O–H groups in total. The van der Waals surface area contributed by atoms with E-state index < -0.39 is 21.4 Å². The van der Waals surface area contributed by atoms with Crippen molar-refractivity contribution >= 4 is 21.5 Å². The number of hydrogen-bond acceptors (Lipinski definition) is 5. The maximum atomic E-state index is 15.5. The molecule has 1 saturated carbocycles. The van der Waals surface area contributed by atoms with Crippen LogP contribution in [0.3, 0.4) is 0 Å². The summed E-state index contributed by atoms with van der Waals surface area (Å²) in [7, 11) is -3.86. The number of aromatic nitrogens is 2. The number of carbonyl (C=O) groups is 1. The van der Waals surface area contributed by atoms with Gasteiger partial charge in [-0.3, -0.25) is 4.79 Å². The Kier molecular flexibility index (Phi) is 7.07. The number of aryl methyl sites for hydroxylation is 2. The summed E-state index contributed by atoms with van der Waals surface area (Å²) in [6.07, 6.45) is 8.05. The summed E-state index contributed by atoms with van der Waals surface area (Å²) < 4.78 is 28.8. The van der Waals surface area contributed by atoms with E-state index >= 15 is 4.21 Å². The first kappa shape index (κ1) is 30.3. The third kappa shape index (κ3) is 5.01. The smallest absolute Gasteiger partial charge is 0.277 e. The Morgan fingerprint density at radius 1 is 0.837 bits per heavy atom. The number of ether oxygens (including phenoxy) is 1. The zero-order valence-electron chi connectivity index (χ0n) is 27.4. The summed E-state index contributed by atoms with van der Waals surface area (Å²) in [6, 6.07) is 31.7. The molecule has 1 spiro atoms. The molecule has 5 aromatic rings. The molecule has 9 heteroatoms. The van der Waals surface area contributed by atoms with Gasteiger partial charge in [0.05, 0.1) is 13.2 Å². The lowest BCUT2D eigenvalue weighted by molar-refractivity contribution is 0.101. The highest BCUT2D eigenvalue weighted by atomic mass is 32.2. The van der Waals surface area contributed by atoms with Gasteiger partial charge in [-0.05, 0) is 90.3 Å². The second-order valence-corrected chi connectivity index (χ2v) is 15.8. The molecule has 1 aromatic heterocycles. The average Bonchev–Trinajstić information content (AvgIpc) is 3.47. The van der Waals surface area contributed by atoms with Crippen molar-refractivity contribution in [1.82, 2.24) is 9.78 Å². The molecule has 1 fully saturated rings. The fourth-order valence-electron chi connectivity index (χ4n) is 8.24. The van der Waals surface area contributed by atoms with Crippen LogP contribution in [0.4, 0.5) is 5.69 Å². The summed E-state index contributed by atoms with van der Waals surface area (Å²) in [5.74, 6) is -0.164. The Bertz CT molecular complexity index is 2090. The monoisotopic (exact) mass is 669 g/mol. The Labute approximate surface area is 287 Å². The highest BCUT2D eigenvalue weighted by Gasteiger charge is 2.49. The lowest BCUT2D eigenvalue weighted by atomic mass is 9.78. The van der Waals surface area contributed by atoms with Crippen molar-refractivity contribution in [2.45, 2.75) is 68.3 Å². The standard InChI is InChI=1S/C40H39N5O3S/c41-49(47,44-40(29-14-4-1-5-15-29,30-16-6-2-7-17-30)31-18-8-3-9-19-31)36-35(43-45-25-39(22-23-39)26-48-38(36)45)37(46)42-34-32-20-10-12-27(32)24-28-13-11-21-33(28)34/h1-9,14-19,24H,10-13,20-23,25-26H2,(H,42,46)(H2,41,44,47). The Morgan fingerprint density at radius 2 is 1.37 bits per heavy atom. The molecule has 3 aliphatic carbocycles. The molecular weight excluding hydrogens is 631 g/mol. The minimum Gasteiger partial charge on any atom is -0.476 e. The number of hydrogen-bond donors (Lipinski definition) is 2. The molecule has 248 valence electrons. The van der Waals surface area contributed by atoms with E-state index in [1.165, 1.54) is 22.3 Å². The van der Waals surface area contributed by atoms with E-state index in [1.54, 1.807) is 4.68 Å². The molecule has 1 aliphatic heterocycles. The zero-order chi connectivity index (χ0) is 33.2. The SMILES string of the molecule is NS(=O)(=NC(c1ccccc1)(c1ccccc1)c1ccccc1)c1c(C(=O)Nc2c3c(cc4c2CCC4)CCC3)nn2c1OCC1(CC1)C2. The maximum Gasteiger partial charge on any atom is 0.277 e. The van der Waals surface area contributed by atoms with Crippen molar-refractivity contribution in [1.29, 1.82) is 0 Å². The van der Waals surface area contributed by atoms with Crippen LogP contribution < -0.4 is 15.2 Å². The van der Waals surface area contributed by atoms with Crippen LogP contribution in [0.2, 0.25) is 0 Å². The van der Waals surface area contributed by atoms with Gasteiger partial charge in [-0.25, -0.2) is 14.0 Å². The van der Waals surface area contributed by atoms with Gasteiger partial charge in [0.2, 0.25) is 5.88 Å². The molecule has 4 aliphatic rings. The predicted octanol–water partition coefficient (Wildman–Crippen LogP) is 6.98. The molecule has 0 bridgehead atoms. The molecule has 1 atom stereocenters. The topological polar surface area (TPSA) is 112 Å². The molecule has 1 amide bonds. The number of rotatable bonds is 7. The third-order valence-corrected chi connectivity index (χ3v) is 12.4. The number of fused-ring (bicyclic) bond motifs is 3. The van der Waals surface area contributed by atoms with Crippen molar-refractivity contribution in [2.24, 2.45) is 14.9 Å². The van der Waals surface area contributed by atoms with E-state index in [1.807, 2.05) is 91.0 Å². The molecular formula is C40H39N5O3S. The largest absolute Gasteiger partial charge is 0.476 e. The minimum absolute atomic E-state index is 0.00869. The number of anilines is 1. The fraction of sp³-hybridized carbons (Fsp3) is 0.300. The van der Waals surface area contributed by atoms with Gasteiger partial charge in [-0.1, -0.05) is 97.1 Å². The van der Waals surface area contributed by atoms with Crippen LogP contribution in [-0.2, 0) is 47.7 Å². The van der Waals surface area contributed by atoms with Crippen LogP contribution in [0.1, 0.15) is 75.1 Å². The van der Waals surface area contributed by atoms with Crippen LogP contribution in [0.25, 0.3) is 0 Å². The van der Waals surface area contributed by atoms with Gasteiger partial charge < -0.3 is 10.1 Å². The number of nitrogens with two attached hydrogens (primary N) is 1. The molecule has 49 heavy (non-hydrogen) atoms. The second-order valence-electron chi connectivity index (χ2n) is 14.1. The zero-order valence-corrected chi connectivity index (χ0v) is 28.2. The van der Waals surface area contributed by atoms with E-state index in [0.717, 1.165) is 73.7 Å². The highest BCUT2D eigenvalue weighted by Crippen LogP contribution is 2.52. The Morgan fingerprint density at radius 3 is 1.88 bits per heavy atom. The van der Waals surface area contributed by atoms with Crippen molar-refractivity contribution in [2.75, 3.05) is 11.9 Å². The normalized spacial score (nSPS) is 18.1. The summed E-state index contributed by atoms with van der Waals surface area (Å²) in [5, 5.41) is 15.2. The van der Waals surface area contributed by atoms with E-state index in [4.69, 9.17) is 19.3 Å². The van der Waals surface area contributed by atoms with Crippen molar-refractivity contribution < 1.29 is 13.7 Å². The van der Waals surface area contributed by atoms with Crippen molar-refractivity contribution in [3.05, 3.63) is 142 Å². The maximum absolute atomic E-state index is 15.5. The fourth-order valence-corrected chi connectivity index (χ4v) is 9.88. The quantitative estimate of drug-likeness (QED) is 0.182. The van der Waals surface area contributed by atoms with E-state index in [-0.39, 0.29) is 21.9 Å². The van der Waals surface area contributed by atoms with Crippen LogP contribution in [0.15, 0.2) is 106 Å². The molecule has 0 radical (unpaired) electrons. The van der Waals surface area contributed by atoms with Gasteiger partial charge in [0.25, 0.3) is 5.91 Å². The molecule has 9 rings (SSSR count). The van der Waals surface area contributed by atoms with Crippen LogP contribution in [0.5, 0.6) is 5.88 Å². The van der Waals surface area contributed by atoms with Gasteiger partial charge in [-0.15, -0.1) is 0 Å². The third-order valence-electron chi connectivity index (χ3n) is 10.9. The first-order valence-corrected chi connectivity index (χ1v) is 18.9. The molecule has 1 unspecified atom stereocenters. The summed E-state index contributed by atoms with van der Waals surface area (Å²) >= 11 is 0. The minimum atomic E-state index is -3.86. The number of benzene rings is 4. The van der Waals surface area contributed by atoms with Gasteiger partial charge >= 0.3 is 0 Å². The molecule has 2 heterocycles. The van der Waals surface area contributed by atoms with E-state index in [0.29, 0.717) is 13.2 Å². The summed E-state index contributed by atoms with van der Waals surface area (Å²) in [5.41, 5.74) is 7.06. The lowest BCUT2D eigenvalue weighted by Gasteiger charge is -2.32. The van der Waals surface area contributed by atoms with Crippen LogP contribution in [0, 0.1) is 5.41 Å². The first-order chi connectivity index (χ1) is 23.9. The van der Waals surface area contributed by atoms with E-state index in [2.05, 4.69) is 11.4 Å². The molecule has 4 aromatic carbocycles. The highest BCUT2D eigenvalue weighted by molar-refractivity contribution is 7.91. The van der Waals surface area contributed by atoms with Crippen molar-refractivity contribution in [3.63, 3.8) is 0 Å². The van der Waals surface area contributed by atoms with Gasteiger partial charge in [0.15, 0.2) is 10.6 Å². The first-order valence-electron chi connectivity index (χ1n) is 17.3. The number of nitrogens with zero attached hydrogens (tertiary/aromatic N) is 3. The van der Waals surface area contributed by atoms with E-state index in [9.17, 15) is 4.79 Å². The Balaban J connectivity index is 1.26. The molecule has 8 nitrogen and oxygen atoms in total. The number of nitrogens with one attached hydrogen (secondary N) is 1. The molecule has 0 saturated heterocycles. The predicted molar refractivity (Wildman–Crippen MR) is 190 cm³/mol. The number of carbonyl (C=O) groups excluding carboxylic acids is 1. The summed E-state index contributed by atoms with van der Waals surface area (Å²) in [6.45, 7) is 1.04. The van der Waals surface area contributed by atoms with Crippen LogP contribution in [-0.4, -0.2) is 26.5 Å². The van der Waals surface area contributed by atoms with Gasteiger partial charge in [0.1, 0.15) is 15.5 Å².